The molecule has 0 spiro atoms. The number of Topliss-reactive ketones (excluding diaryl/α,β-unsaturated/α-hetero) is 1. The molecule has 0 amide bonds. The third kappa shape index (κ3) is 5.95. The summed E-state index contributed by atoms with van der Waals surface area (Å²) in [4.78, 5) is 24.5. The van der Waals surface area contributed by atoms with E-state index in [-0.39, 0.29) is 11.2 Å². The predicted octanol–water partition coefficient (Wildman–Crippen LogP) is 6.12. The average Bonchev–Trinajstić information content (AvgIpc) is 2.59. The normalized spacial score (nSPS) is 12.8. The highest BCUT2D eigenvalue weighted by molar-refractivity contribution is 6.35. The zero-order chi connectivity index (χ0) is 20.2. The second-order valence-electron chi connectivity index (χ2n) is 7.27. The second-order valence-corrected chi connectivity index (χ2v) is 8.11. The van der Waals surface area contributed by atoms with Crippen molar-refractivity contribution in [2.75, 3.05) is 0 Å². The number of benzene rings is 2. The van der Waals surface area contributed by atoms with Gasteiger partial charge in [0.15, 0.2) is 6.10 Å². The fourth-order valence-corrected chi connectivity index (χ4v) is 2.90. The third-order valence-electron chi connectivity index (χ3n) is 4.06. The quantitative estimate of drug-likeness (QED) is 0.342. The van der Waals surface area contributed by atoms with E-state index >= 15 is 0 Å². The summed E-state index contributed by atoms with van der Waals surface area (Å²) in [5.41, 5.74) is 2.28. The molecule has 0 saturated carbocycles. The standard InChI is InChI=1S/C22H22Cl2O3/c1-14(21(26)16-5-9-17(10-6-16)22(2,3)4)27-20(25)12-8-15-7-11-18(23)13-19(15)24/h5-14H,1-4H3. The molecule has 0 aliphatic rings. The van der Waals surface area contributed by atoms with Gasteiger partial charge in [-0.05, 0) is 41.7 Å². The van der Waals surface area contributed by atoms with Gasteiger partial charge in [0.2, 0.25) is 5.78 Å². The molecule has 0 radical (unpaired) electrons. The number of esters is 1. The van der Waals surface area contributed by atoms with E-state index in [9.17, 15) is 9.59 Å². The number of carbonyl (C=O) groups excluding carboxylic acids is 2. The van der Waals surface area contributed by atoms with Gasteiger partial charge in [-0.15, -0.1) is 0 Å². The van der Waals surface area contributed by atoms with E-state index in [1.54, 1.807) is 37.3 Å². The molecule has 0 saturated heterocycles. The molecule has 0 aliphatic carbocycles. The molecular formula is C22H22Cl2O3. The van der Waals surface area contributed by atoms with Gasteiger partial charge in [-0.3, -0.25) is 4.79 Å². The van der Waals surface area contributed by atoms with Gasteiger partial charge in [-0.2, -0.15) is 0 Å². The third-order valence-corrected chi connectivity index (χ3v) is 4.62. The van der Waals surface area contributed by atoms with Crippen molar-refractivity contribution in [1.82, 2.24) is 0 Å². The molecule has 3 nitrogen and oxygen atoms in total. The maximum Gasteiger partial charge on any atom is 0.331 e. The minimum atomic E-state index is -0.886. The van der Waals surface area contributed by atoms with Gasteiger partial charge in [0.1, 0.15) is 0 Å². The molecule has 2 aromatic carbocycles. The van der Waals surface area contributed by atoms with Gasteiger partial charge in [-0.25, -0.2) is 4.79 Å². The van der Waals surface area contributed by atoms with E-state index in [2.05, 4.69) is 20.8 Å². The van der Waals surface area contributed by atoms with E-state index in [1.807, 2.05) is 12.1 Å². The molecule has 2 rings (SSSR count). The summed E-state index contributed by atoms with van der Waals surface area (Å²) in [5, 5.41) is 0.936. The Morgan fingerprint density at radius 3 is 2.22 bits per heavy atom. The van der Waals surface area contributed by atoms with Crippen LogP contribution in [0.4, 0.5) is 0 Å². The van der Waals surface area contributed by atoms with E-state index < -0.39 is 12.1 Å². The Morgan fingerprint density at radius 2 is 1.67 bits per heavy atom. The number of hydrogen-bond donors (Lipinski definition) is 0. The van der Waals surface area contributed by atoms with Crippen molar-refractivity contribution in [2.24, 2.45) is 0 Å². The van der Waals surface area contributed by atoms with Crippen LogP contribution in [0.2, 0.25) is 10.0 Å². The number of hydrogen-bond acceptors (Lipinski definition) is 3. The molecule has 1 unspecified atom stereocenters. The lowest BCUT2D eigenvalue weighted by Gasteiger charge is -2.19. The van der Waals surface area contributed by atoms with E-state index in [1.165, 1.54) is 12.2 Å². The largest absolute Gasteiger partial charge is 0.451 e. The Bertz CT molecular complexity index is 862. The van der Waals surface area contributed by atoms with Gasteiger partial charge in [-0.1, -0.05) is 74.3 Å². The molecule has 0 bridgehead atoms. The molecule has 0 heterocycles. The topological polar surface area (TPSA) is 43.4 Å². The first-order valence-corrected chi connectivity index (χ1v) is 9.32. The van der Waals surface area contributed by atoms with Gasteiger partial charge in [0, 0.05) is 21.7 Å². The number of carbonyl (C=O) groups is 2. The molecule has 0 fully saturated rings. The summed E-state index contributed by atoms with van der Waals surface area (Å²) in [6.07, 6.45) is 1.88. The maximum absolute atomic E-state index is 12.5. The second kappa shape index (κ2) is 8.73. The van der Waals surface area contributed by atoms with Gasteiger partial charge in [0.25, 0.3) is 0 Å². The van der Waals surface area contributed by atoms with Crippen molar-refractivity contribution in [3.05, 3.63) is 75.3 Å². The minimum absolute atomic E-state index is 0.00734. The fraction of sp³-hybridized carbons (Fsp3) is 0.273. The van der Waals surface area contributed by atoms with E-state index in [4.69, 9.17) is 27.9 Å². The van der Waals surface area contributed by atoms with Crippen molar-refractivity contribution in [2.45, 2.75) is 39.2 Å². The van der Waals surface area contributed by atoms with Crippen LogP contribution in [0.25, 0.3) is 6.08 Å². The lowest BCUT2D eigenvalue weighted by Crippen LogP contribution is -2.23. The first-order chi connectivity index (χ1) is 12.6. The Kier molecular flexibility index (Phi) is 6.85. The Balaban J connectivity index is 2.01. The van der Waals surface area contributed by atoms with E-state index in [0.29, 0.717) is 21.2 Å². The number of ketones is 1. The number of ether oxygens (including phenoxy) is 1. The summed E-state index contributed by atoms with van der Waals surface area (Å²) < 4.78 is 5.20. The zero-order valence-electron chi connectivity index (χ0n) is 15.8. The van der Waals surface area contributed by atoms with Crippen LogP contribution in [-0.4, -0.2) is 17.9 Å². The predicted molar refractivity (Wildman–Crippen MR) is 111 cm³/mol. The molecule has 2 aromatic rings. The summed E-state index contributed by atoms with van der Waals surface area (Å²) in [6.45, 7) is 7.87. The molecule has 1 atom stereocenters. The van der Waals surface area contributed by atoms with Crippen molar-refractivity contribution in [3.63, 3.8) is 0 Å². The van der Waals surface area contributed by atoms with Crippen LogP contribution in [0, 0.1) is 0 Å². The summed E-state index contributed by atoms with van der Waals surface area (Å²) in [5.74, 6) is -0.866. The Labute approximate surface area is 169 Å². The van der Waals surface area contributed by atoms with Crippen LogP contribution in [0.5, 0.6) is 0 Å². The number of rotatable bonds is 5. The lowest BCUT2D eigenvalue weighted by atomic mass is 9.86. The van der Waals surface area contributed by atoms with Crippen molar-refractivity contribution < 1.29 is 14.3 Å². The summed E-state index contributed by atoms with van der Waals surface area (Å²) in [7, 11) is 0. The van der Waals surface area contributed by atoms with Crippen molar-refractivity contribution in [1.29, 1.82) is 0 Å². The molecule has 142 valence electrons. The highest BCUT2D eigenvalue weighted by atomic mass is 35.5. The highest BCUT2D eigenvalue weighted by Crippen LogP contribution is 2.23. The summed E-state index contributed by atoms with van der Waals surface area (Å²) >= 11 is 11.9. The van der Waals surface area contributed by atoms with Crippen LogP contribution in [0.3, 0.4) is 0 Å². The Hall–Kier alpha value is -2.10. The summed E-state index contributed by atoms with van der Waals surface area (Å²) in [6, 6.07) is 12.3. The first kappa shape index (κ1) is 21.2. The molecular weight excluding hydrogens is 383 g/mol. The van der Waals surface area contributed by atoms with Gasteiger partial charge < -0.3 is 4.74 Å². The van der Waals surface area contributed by atoms with Crippen LogP contribution >= 0.6 is 23.2 Å². The molecule has 0 aromatic heterocycles. The smallest absolute Gasteiger partial charge is 0.331 e. The van der Waals surface area contributed by atoms with Crippen LogP contribution < -0.4 is 0 Å². The van der Waals surface area contributed by atoms with E-state index in [0.717, 1.165) is 5.56 Å². The average molecular weight is 405 g/mol. The molecule has 27 heavy (non-hydrogen) atoms. The first-order valence-electron chi connectivity index (χ1n) is 8.56. The molecule has 0 aliphatic heterocycles. The SMILES string of the molecule is CC(OC(=O)C=Cc1ccc(Cl)cc1Cl)C(=O)c1ccc(C(C)(C)C)cc1. The van der Waals surface area contributed by atoms with Crippen molar-refractivity contribution in [3.8, 4) is 0 Å². The monoisotopic (exact) mass is 404 g/mol. The fourth-order valence-electron chi connectivity index (χ4n) is 2.43. The van der Waals surface area contributed by atoms with Crippen LogP contribution in [0.15, 0.2) is 48.5 Å². The van der Waals surface area contributed by atoms with Crippen LogP contribution in [-0.2, 0) is 14.9 Å². The molecule has 5 heteroatoms. The Morgan fingerprint density at radius 1 is 1.04 bits per heavy atom. The molecule has 0 N–H and O–H groups in total. The van der Waals surface area contributed by atoms with Crippen molar-refractivity contribution >= 4 is 41.0 Å². The van der Waals surface area contributed by atoms with Gasteiger partial charge in [0.05, 0.1) is 0 Å². The number of halogens is 2. The zero-order valence-corrected chi connectivity index (χ0v) is 17.3. The highest BCUT2D eigenvalue weighted by Gasteiger charge is 2.20. The lowest BCUT2D eigenvalue weighted by molar-refractivity contribution is -0.140. The minimum Gasteiger partial charge on any atom is -0.451 e. The van der Waals surface area contributed by atoms with Gasteiger partial charge >= 0.3 is 5.97 Å². The maximum atomic E-state index is 12.5. The van der Waals surface area contributed by atoms with Crippen LogP contribution in [0.1, 0.15) is 49.2 Å².